The van der Waals surface area contributed by atoms with Gasteiger partial charge in [0.15, 0.2) is 11.5 Å². The quantitative estimate of drug-likeness (QED) is 0.780. The largest absolute Gasteiger partial charge is 0.493 e. The van der Waals surface area contributed by atoms with E-state index in [-0.39, 0.29) is 6.04 Å². The first kappa shape index (κ1) is 15.6. The molecule has 0 aromatic heterocycles. The minimum absolute atomic E-state index is 0.266. The van der Waals surface area contributed by atoms with E-state index in [1.165, 1.54) is 0 Å². The highest BCUT2D eigenvalue weighted by Gasteiger charge is 2.15. The van der Waals surface area contributed by atoms with Crippen LogP contribution in [0.15, 0.2) is 12.1 Å². The standard InChI is InChI=1S/C14H23NO4/c1-10(9-16-2)15-8-11-6-7-12(17-3)14(19-5)13(11)18-4/h6-7,10,15H,8-9H2,1-5H3/t10-/m0/s1. The van der Waals surface area contributed by atoms with Gasteiger partial charge in [0.1, 0.15) is 0 Å². The minimum Gasteiger partial charge on any atom is -0.493 e. The van der Waals surface area contributed by atoms with Crippen molar-refractivity contribution in [3.05, 3.63) is 17.7 Å². The number of ether oxygens (including phenoxy) is 4. The summed E-state index contributed by atoms with van der Waals surface area (Å²) in [6, 6.07) is 4.11. The normalized spacial score (nSPS) is 12.1. The Morgan fingerprint density at radius 3 is 2.21 bits per heavy atom. The van der Waals surface area contributed by atoms with Crippen LogP contribution in [0, 0.1) is 0 Å². The van der Waals surface area contributed by atoms with Gasteiger partial charge in [0, 0.05) is 25.3 Å². The summed E-state index contributed by atoms with van der Waals surface area (Å²) in [5, 5.41) is 3.36. The second-order valence-corrected chi connectivity index (χ2v) is 4.23. The molecular formula is C14H23NO4. The number of methoxy groups -OCH3 is 4. The van der Waals surface area contributed by atoms with E-state index in [9.17, 15) is 0 Å². The molecule has 5 nitrogen and oxygen atoms in total. The lowest BCUT2D eigenvalue weighted by molar-refractivity contribution is 0.171. The SMILES string of the molecule is COC[C@H](C)NCc1ccc(OC)c(OC)c1OC. The van der Waals surface area contributed by atoms with Crippen molar-refractivity contribution in [1.29, 1.82) is 0 Å². The van der Waals surface area contributed by atoms with Gasteiger partial charge in [-0.3, -0.25) is 0 Å². The lowest BCUT2D eigenvalue weighted by Crippen LogP contribution is -2.29. The molecule has 0 radical (unpaired) electrons. The van der Waals surface area contributed by atoms with Gasteiger partial charge in [-0.05, 0) is 13.0 Å². The van der Waals surface area contributed by atoms with E-state index in [4.69, 9.17) is 18.9 Å². The van der Waals surface area contributed by atoms with E-state index in [2.05, 4.69) is 12.2 Å². The van der Waals surface area contributed by atoms with Crippen LogP contribution < -0.4 is 19.5 Å². The lowest BCUT2D eigenvalue weighted by Gasteiger charge is -2.18. The smallest absolute Gasteiger partial charge is 0.203 e. The topological polar surface area (TPSA) is 49.0 Å². The zero-order valence-electron chi connectivity index (χ0n) is 12.3. The van der Waals surface area contributed by atoms with Crippen molar-refractivity contribution in [2.45, 2.75) is 19.5 Å². The van der Waals surface area contributed by atoms with Gasteiger partial charge in [-0.2, -0.15) is 0 Å². The molecule has 0 saturated carbocycles. The Bertz CT molecular complexity index is 395. The number of rotatable bonds is 8. The Balaban J connectivity index is 2.89. The second-order valence-electron chi connectivity index (χ2n) is 4.23. The summed E-state index contributed by atoms with van der Waals surface area (Å²) in [6.07, 6.45) is 0. The Morgan fingerprint density at radius 2 is 1.68 bits per heavy atom. The number of benzene rings is 1. The maximum atomic E-state index is 5.43. The van der Waals surface area contributed by atoms with Gasteiger partial charge >= 0.3 is 0 Å². The molecule has 1 atom stereocenters. The molecule has 5 heteroatoms. The molecule has 0 fully saturated rings. The van der Waals surface area contributed by atoms with Crippen molar-refractivity contribution >= 4 is 0 Å². The molecule has 1 rings (SSSR count). The maximum absolute atomic E-state index is 5.43. The average molecular weight is 269 g/mol. The fourth-order valence-corrected chi connectivity index (χ4v) is 1.90. The number of hydrogen-bond donors (Lipinski definition) is 1. The zero-order valence-corrected chi connectivity index (χ0v) is 12.3. The fourth-order valence-electron chi connectivity index (χ4n) is 1.90. The molecule has 0 spiro atoms. The van der Waals surface area contributed by atoms with E-state index in [0.29, 0.717) is 30.4 Å². The Labute approximate surface area is 114 Å². The molecule has 108 valence electrons. The summed E-state index contributed by atoms with van der Waals surface area (Å²) in [7, 11) is 6.52. The van der Waals surface area contributed by atoms with Crippen LogP contribution in [0.4, 0.5) is 0 Å². The van der Waals surface area contributed by atoms with Gasteiger partial charge in [0.05, 0.1) is 27.9 Å². The Morgan fingerprint density at radius 1 is 1.00 bits per heavy atom. The van der Waals surface area contributed by atoms with Gasteiger partial charge in [-0.25, -0.2) is 0 Å². The van der Waals surface area contributed by atoms with Gasteiger partial charge in [-0.15, -0.1) is 0 Å². The molecule has 0 aliphatic carbocycles. The van der Waals surface area contributed by atoms with Crippen molar-refractivity contribution < 1.29 is 18.9 Å². The van der Waals surface area contributed by atoms with Crippen molar-refractivity contribution in [3.63, 3.8) is 0 Å². The van der Waals surface area contributed by atoms with Crippen LogP contribution in [0.2, 0.25) is 0 Å². The lowest BCUT2D eigenvalue weighted by atomic mass is 10.1. The summed E-state index contributed by atoms with van der Waals surface area (Å²) >= 11 is 0. The molecule has 0 unspecified atom stereocenters. The van der Waals surface area contributed by atoms with E-state index >= 15 is 0 Å². The van der Waals surface area contributed by atoms with Crippen LogP contribution in [0.25, 0.3) is 0 Å². The third-order valence-electron chi connectivity index (χ3n) is 2.84. The highest BCUT2D eigenvalue weighted by atomic mass is 16.5. The van der Waals surface area contributed by atoms with E-state index in [1.54, 1.807) is 28.4 Å². The van der Waals surface area contributed by atoms with Crippen LogP contribution in [-0.4, -0.2) is 41.1 Å². The highest BCUT2D eigenvalue weighted by Crippen LogP contribution is 2.39. The summed E-state index contributed by atoms with van der Waals surface area (Å²) in [5.41, 5.74) is 1.02. The third-order valence-corrected chi connectivity index (χ3v) is 2.84. The van der Waals surface area contributed by atoms with Crippen molar-refractivity contribution in [2.24, 2.45) is 0 Å². The van der Waals surface area contributed by atoms with Gasteiger partial charge < -0.3 is 24.3 Å². The number of hydrogen-bond acceptors (Lipinski definition) is 5. The Hall–Kier alpha value is -1.46. The van der Waals surface area contributed by atoms with Gasteiger partial charge in [-0.1, -0.05) is 6.07 Å². The fraction of sp³-hybridized carbons (Fsp3) is 0.571. The minimum atomic E-state index is 0.266. The summed E-state index contributed by atoms with van der Waals surface area (Å²) in [4.78, 5) is 0. The van der Waals surface area contributed by atoms with Crippen LogP contribution >= 0.6 is 0 Å². The molecule has 1 aromatic carbocycles. The van der Waals surface area contributed by atoms with Crippen molar-refractivity contribution in [1.82, 2.24) is 5.32 Å². The molecule has 0 bridgehead atoms. The van der Waals surface area contributed by atoms with Crippen LogP contribution in [0.5, 0.6) is 17.2 Å². The average Bonchev–Trinajstić information content (AvgIpc) is 2.43. The molecule has 0 saturated heterocycles. The monoisotopic (exact) mass is 269 g/mol. The molecule has 0 amide bonds. The molecule has 0 aliphatic rings. The van der Waals surface area contributed by atoms with E-state index < -0.39 is 0 Å². The Kier molecular flexibility index (Phi) is 6.45. The first-order chi connectivity index (χ1) is 9.17. The maximum Gasteiger partial charge on any atom is 0.203 e. The van der Waals surface area contributed by atoms with Crippen molar-refractivity contribution in [3.8, 4) is 17.2 Å². The molecule has 19 heavy (non-hydrogen) atoms. The molecule has 0 heterocycles. The molecule has 1 N–H and O–H groups in total. The predicted molar refractivity (Wildman–Crippen MR) is 74.3 cm³/mol. The molecule has 1 aromatic rings. The summed E-state index contributed by atoms with van der Waals surface area (Å²) in [6.45, 7) is 3.40. The van der Waals surface area contributed by atoms with Crippen LogP contribution in [0.1, 0.15) is 12.5 Å². The molecule has 0 aliphatic heterocycles. The highest BCUT2D eigenvalue weighted by molar-refractivity contribution is 5.55. The van der Waals surface area contributed by atoms with Crippen LogP contribution in [-0.2, 0) is 11.3 Å². The van der Waals surface area contributed by atoms with E-state index in [1.807, 2.05) is 12.1 Å². The zero-order chi connectivity index (χ0) is 14.3. The summed E-state index contributed by atoms with van der Waals surface area (Å²) in [5.74, 6) is 1.97. The number of nitrogens with one attached hydrogen (secondary N) is 1. The second kappa shape index (κ2) is 7.86. The third kappa shape index (κ3) is 4.01. The van der Waals surface area contributed by atoms with E-state index in [0.717, 1.165) is 5.56 Å². The predicted octanol–water partition coefficient (Wildman–Crippen LogP) is 1.84. The summed E-state index contributed by atoms with van der Waals surface area (Å²) < 4.78 is 21.1. The van der Waals surface area contributed by atoms with Crippen molar-refractivity contribution in [2.75, 3.05) is 35.0 Å². The van der Waals surface area contributed by atoms with Gasteiger partial charge in [0.25, 0.3) is 0 Å². The van der Waals surface area contributed by atoms with Gasteiger partial charge in [0.2, 0.25) is 5.75 Å². The molecular weight excluding hydrogens is 246 g/mol. The van der Waals surface area contributed by atoms with Crippen LogP contribution in [0.3, 0.4) is 0 Å². The first-order valence-corrected chi connectivity index (χ1v) is 6.18. The first-order valence-electron chi connectivity index (χ1n) is 6.18.